The third-order valence-corrected chi connectivity index (χ3v) is 8.51. The minimum atomic E-state index is -3.18. The van der Waals surface area contributed by atoms with Crippen molar-refractivity contribution in [2.45, 2.75) is 31.1 Å². The number of amidine groups is 1. The zero-order valence-electron chi connectivity index (χ0n) is 17.0. The Kier molecular flexibility index (Phi) is 4.90. The molecule has 0 saturated carbocycles. The topological polar surface area (TPSA) is 131 Å². The standard InChI is InChI=1S/C20H20ClFN6O2S/c1-19(2)18(23)27-20(3,10-31(19,24)29)13-6-11(4-5-14(13)22)16-7-15(28-30-16)17-25-8-12(21)9-26-17/h4-9,24H,10H2,1-3H3,(H2,23,27)/t20-,31?/m0/s1. The molecule has 1 aliphatic heterocycles. The maximum absolute atomic E-state index is 14.9. The molecule has 8 nitrogen and oxygen atoms in total. The Labute approximate surface area is 183 Å². The third kappa shape index (κ3) is 3.59. The van der Waals surface area contributed by atoms with Gasteiger partial charge >= 0.3 is 0 Å². The molecule has 1 unspecified atom stereocenters. The maximum Gasteiger partial charge on any atom is 0.181 e. The number of nitrogens with two attached hydrogens (primary N) is 1. The van der Waals surface area contributed by atoms with E-state index in [0.29, 0.717) is 27.9 Å². The number of rotatable bonds is 3. The fraction of sp³-hybridized carbons (Fsp3) is 0.300. The average molecular weight is 463 g/mol. The van der Waals surface area contributed by atoms with Gasteiger partial charge in [0.2, 0.25) is 0 Å². The summed E-state index contributed by atoms with van der Waals surface area (Å²) in [5.74, 6) is 0.0490. The SMILES string of the molecule is CC1(C)C(N)=N[C@](C)(c2cc(-c3cc(-c4ncc(Cl)cn4)no3)ccc2F)CS1(=N)=O. The van der Waals surface area contributed by atoms with Crippen LogP contribution in [0.5, 0.6) is 0 Å². The van der Waals surface area contributed by atoms with Crippen LogP contribution in [0, 0.1) is 10.6 Å². The zero-order valence-corrected chi connectivity index (χ0v) is 18.6. The van der Waals surface area contributed by atoms with Gasteiger partial charge in [0, 0.05) is 29.6 Å². The molecule has 0 amide bonds. The highest BCUT2D eigenvalue weighted by Crippen LogP contribution is 2.39. The Balaban J connectivity index is 1.77. The third-order valence-electron chi connectivity index (χ3n) is 5.48. The van der Waals surface area contributed by atoms with E-state index in [1.165, 1.54) is 24.5 Å². The summed E-state index contributed by atoms with van der Waals surface area (Å²) >= 11 is 5.81. The van der Waals surface area contributed by atoms with Crippen molar-refractivity contribution in [3.8, 4) is 22.8 Å². The lowest BCUT2D eigenvalue weighted by molar-refractivity contribution is 0.434. The Bertz CT molecular complexity index is 1300. The van der Waals surface area contributed by atoms with Gasteiger partial charge in [-0.15, -0.1) is 0 Å². The fourth-order valence-corrected chi connectivity index (χ4v) is 5.22. The van der Waals surface area contributed by atoms with Crippen molar-refractivity contribution >= 4 is 27.2 Å². The predicted molar refractivity (Wildman–Crippen MR) is 117 cm³/mol. The lowest BCUT2D eigenvalue weighted by atomic mass is 9.91. The minimum Gasteiger partial charge on any atom is -0.386 e. The van der Waals surface area contributed by atoms with Crippen LogP contribution >= 0.6 is 11.6 Å². The van der Waals surface area contributed by atoms with Crippen molar-refractivity contribution in [2.75, 3.05) is 5.75 Å². The Morgan fingerprint density at radius 2 is 1.90 bits per heavy atom. The van der Waals surface area contributed by atoms with Crippen LogP contribution < -0.4 is 5.73 Å². The van der Waals surface area contributed by atoms with Gasteiger partial charge < -0.3 is 10.3 Å². The Hall–Kier alpha value is -2.85. The number of aromatic nitrogens is 3. The van der Waals surface area contributed by atoms with E-state index < -0.39 is 25.8 Å². The second-order valence-corrected chi connectivity index (χ2v) is 11.2. The van der Waals surface area contributed by atoms with E-state index in [2.05, 4.69) is 20.1 Å². The first kappa shape index (κ1) is 21.4. The monoisotopic (exact) mass is 462 g/mol. The van der Waals surface area contributed by atoms with Gasteiger partial charge in [0.15, 0.2) is 17.3 Å². The molecule has 3 N–H and O–H groups in total. The number of benzene rings is 1. The molecule has 2 aromatic heterocycles. The summed E-state index contributed by atoms with van der Waals surface area (Å²) in [7, 11) is -3.18. The predicted octanol–water partition coefficient (Wildman–Crippen LogP) is 4.00. The summed E-state index contributed by atoms with van der Waals surface area (Å²) in [5.41, 5.74) is 5.88. The first-order chi connectivity index (χ1) is 14.4. The molecule has 0 aliphatic carbocycles. The summed E-state index contributed by atoms with van der Waals surface area (Å²) in [5, 5.41) is 4.36. The second-order valence-electron chi connectivity index (χ2n) is 8.10. The van der Waals surface area contributed by atoms with Crippen LogP contribution in [-0.2, 0) is 15.3 Å². The van der Waals surface area contributed by atoms with Crippen molar-refractivity contribution in [2.24, 2.45) is 10.7 Å². The highest BCUT2D eigenvalue weighted by atomic mass is 35.5. The van der Waals surface area contributed by atoms with E-state index in [9.17, 15) is 8.60 Å². The average Bonchev–Trinajstić information content (AvgIpc) is 3.17. The molecule has 162 valence electrons. The van der Waals surface area contributed by atoms with Crippen LogP contribution in [0.1, 0.15) is 26.3 Å². The quantitative estimate of drug-likeness (QED) is 0.604. The number of nitrogens with zero attached hydrogens (tertiary/aromatic N) is 4. The van der Waals surface area contributed by atoms with Gasteiger partial charge in [-0.25, -0.2) is 18.6 Å². The smallest absolute Gasteiger partial charge is 0.181 e. The summed E-state index contributed by atoms with van der Waals surface area (Å²) < 4.78 is 40.6. The lowest BCUT2D eigenvalue weighted by Crippen LogP contribution is -2.54. The maximum atomic E-state index is 14.9. The van der Waals surface area contributed by atoms with E-state index >= 15 is 0 Å². The Morgan fingerprint density at radius 1 is 1.23 bits per heavy atom. The summed E-state index contributed by atoms with van der Waals surface area (Å²) in [6.45, 7) is 4.85. The molecule has 11 heteroatoms. The largest absolute Gasteiger partial charge is 0.386 e. The molecule has 3 aromatic rings. The molecule has 0 spiro atoms. The number of halogens is 2. The fourth-order valence-electron chi connectivity index (χ4n) is 3.37. The lowest BCUT2D eigenvalue weighted by Gasteiger charge is -2.39. The number of hydrogen-bond donors (Lipinski definition) is 2. The van der Waals surface area contributed by atoms with Gasteiger partial charge in [0.25, 0.3) is 0 Å². The van der Waals surface area contributed by atoms with Gasteiger partial charge in [0.05, 0.1) is 20.5 Å². The highest BCUT2D eigenvalue weighted by molar-refractivity contribution is 7.94. The summed E-state index contributed by atoms with van der Waals surface area (Å²) in [4.78, 5) is 12.7. The van der Waals surface area contributed by atoms with Gasteiger partial charge in [-0.3, -0.25) is 9.77 Å². The van der Waals surface area contributed by atoms with Gasteiger partial charge in [-0.05, 0) is 39.0 Å². The van der Waals surface area contributed by atoms with Gasteiger partial charge in [0.1, 0.15) is 21.9 Å². The van der Waals surface area contributed by atoms with E-state index in [1.54, 1.807) is 32.9 Å². The molecule has 0 radical (unpaired) electrons. The molecule has 2 atom stereocenters. The van der Waals surface area contributed by atoms with Crippen LogP contribution in [0.4, 0.5) is 4.39 Å². The van der Waals surface area contributed by atoms with Gasteiger partial charge in [-0.2, -0.15) is 0 Å². The Morgan fingerprint density at radius 3 is 2.55 bits per heavy atom. The molecule has 3 heterocycles. The molecule has 31 heavy (non-hydrogen) atoms. The van der Waals surface area contributed by atoms with E-state index in [1.807, 2.05) is 0 Å². The highest BCUT2D eigenvalue weighted by Gasteiger charge is 2.47. The van der Waals surface area contributed by atoms with E-state index in [-0.39, 0.29) is 17.2 Å². The van der Waals surface area contributed by atoms with Crippen molar-refractivity contribution in [1.82, 2.24) is 15.1 Å². The second kappa shape index (κ2) is 7.10. The summed E-state index contributed by atoms with van der Waals surface area (Å²) in [6, 6.07) is 5.98. The molecule has 4 rings (SSSR count). The normalized spacial score (nSPS) is 25.3. The van der Waals surface area contributed by atoms with Crippen LogP contribution in [0.2, 0.25) is 5.02 Å². The van der Waals surface area contributed by atoms with Crippen molar-refractivity contribution in [3.63, 3.8) is 0 Å². The number of hydrogen-bond acceptors (Lipinski definition) is 8. The number of nitrogens with one attached hydrogen (secondary N) is 1. The van der Waals surface area contributed by atoms with Crippen LogP contribution in [-0.4, -0.2) is 35.7 Å². The molecular weight excluding hydrogens is 443 g/mol. The molecule has 1 aromatic carbocycles. The summed E-state index contributed by atoms with van der Waals surface area (Å²) in [6.07, 6.45) is 2.89. The van der Waals surface area contributed by atoms with Crippen molar-refractivity contribution < 1.29 is 13.1 Å². The van der Waals surface area contributed by atoms with E-state index in [4.69, 9.17) is 26.6 Å². The first-order valence-electron chi connectivity index (χ1n) is 9.30. The van der Waals surface area contributed by atoms with Crippen molar-refractivity contribution in [3.05, 3.63) is 53.1 Å². The molecular formula is C20H20ClFN6O2S. The van der Waals surface area contributed by atoms with Crippen LogP contribution in [0.3, 0.4) is 0 Å². The zero-order chi connectivity index (χ0) is 22.6. The number of aliphatic imine (C=N–C) groups is 1. The first-order valence-corrected chi connectivity index (χ1v) is 11.4. The van der Waals surface area contributed by atoms with Crippen LogP contribution in [0.25, 0.3) is 22.8 Å². The van der Waals surface area contributed by atoms with E-state index in [0.717, 1.165) is 0 Å². The molecule has 0 fully saturated rings. The van der Waals surface area contributed by atoms with Crippen molar-refractivity contribution in [1.29, 1.82) is 4.78 Å². The van der Waals surface area contributed by atoms with Gasteiger partial charge in [-0.1, -0.05) is 16.8 Å². The molecule has 0 saturated heterocycles. The molecule has 0 bridgehead atoms. The van der Waals surface area contributed by atoms with Crippen LogP contribution in [0.15, 0.2) is 46.2 Å². The minimum absolute atomic E-state index is 0.0629. The molecule has 1 aliphatic rings.